The number of hydrogen-bond donors (Lipinski definition) is 1. The predicted molar refractivity (Wildman–Crippen MR) is 90.8 cm³/mol. The van der Waals surface area contributed by atoms with E-state index in [1.165, 1.54) is 11.1 Å². The van der Waals surface area contributed by atoms with Crippen molar-refractivity contribution in [3.05, 3.63) is 58.3 Å². The molecule has 0 fully saturated rings. The number of anilines is 1. The van der Waals surface area contributed by atoms with Gasteiger partial charge in [-0.25, -0.2) is 4.98 Å². The molecular weight excluding hydrogens is 278 g/mol. The van der Waals surface area contributed by atoms with Crippen LogP contribution in [0.15, 0.2) is 30.3 Å². The summed E-state index contributed by atoms with van der Waals surface area (Å²) >= 11 is 5.24. The van der Waals surface area contributed by atoms with E-state index in [4.69, 9.17) is 22.9 Å². The van der Waals surface area contributed by atoms with Crippen molar-refractivity contribution in [3.63, 3.8) is 0 Å². The molecule has 0 amide bonds. The third-order valence-electron chi connectivity index (χ3n) is 4.00. The highest BCUT2D eigenvalue weighted by molar-refractivity contribution is 7.80. The van der Waals surface area contributed by atoms with Crippen LogP contribution >= 0.6 is 12.2 Å². The second kappa shape index (κ2) is 5.45. The van der Waals surface area contributed by atoms with Crippen LogP contribution < -0.4 is 10.6 Å². The molecule has 1 aromatic heterocycles. The maximum absolute atomic E-state index is 5.93. The third kappa shape index (κ3) is 2.63. The number of benzene rings is 1. The number of rotatable bonds is 2. The van der Waals surface area contributed by atoms with E-state index >= 15 is 0 Å². The van der Waals surface area contributed by atoms with Crippen molar-refractivity contribution >= 4 is 23.0 Å². The van der Waals surface area contributed by atoms with Crippen molar-refractivity contribution in [2.75, 3.05) is 11.4 Å². The van der Waals surface area contributed by atoms with Gasteiger partial charge in [0.05, 0.1) is 5.56 Å². The zero-order valence-corrected chi connectivity index (χ0v) is 13.2. The van der Waals surface area contributed by atoms with E-state index < -0.39 is 0 Å². The standard InChI is InChI=1S/C17H19N3S/c1-11-9-12(2)19-17(15(11)16(18)21)20-8-7-13-5-3-4-6-14(13)10-20/h3-6,9H,7-8,10H2,1-2H3,(H2,18,21). The number of aryl methyl sites for hydroxylation is 2. The number of nitrogens with zero attached hydrogens (tertiary/aromatic N) is 2. The Kier molecular flexibility index (Phi) is 3.64. The number of hydrogen-bond acceptors (Lipinski definition) is 3. The van der Waals surface area contributed by atoms with Crippen LogP contribution in [0.5, 0.6) is 0 Å². The van der Waals surface area contributed by atoms with Gasteiger partial charge >= 0.3 is 0 Å². The highest BCUT2D eigenvalue weighted by Crippen LogP contribution is 2.28. The van der Waals surface area contributed by atoms with Crippen molar-refractivity contribution in [2.45, 2.75) is 26.8 Å². The SMILES string of the molecule is Cc1cc(C)c(C(N)=S)c(N2CCc3ccccc3C2)n1. The molecule has 0 radical (unpaired) electrons. The van der Waals surface area contributed by atoms with Crippen LogP contribution in [-0.2, 0) is 13.0 Å². The van der Waals surface area contributed by atoms with Crippen LogP contribution in [0.3, 0.4) is 0 Å². The van der Waals surface area contributed by atoms with Crippen LogP contribution in [0, 0.1) is 13.8 Å². The van der Waals surface area contributed by atoms with E-state index in [-0.39, 0.29) is 0 Å². The lowest BCUT2D eigenvalue weighted by atomic mass is 9.99. The number of aromatic nitrogens is 1. The van der Waals surface area contributed by atoms with Crippen LogP contribution in [0.25, 0.3) is 0 Å². The predicted octanol–water partition coefficient (Wildman–Crippen LogP) is 2.90. The summed E-state index contributed by atoms with van der Waals surface area (Å²) in [6, 6.07) is 10.6. The molecule has 1 aliphatic heterocycles. The fourth-order valence-electron chi connectivity index (χ4n) is 3.03. The Bertz CT molecular complexity index is 709. The smallest absolute Gasteiger partial charge is 0.139 e. The lowest BCUT2D eigenvalue weighted by molar-refractivity contribution is 0.718. The van der Waals surface area contributed by atoms with E-state index in [1.54, 1.807) is 0 Å². The van der Waals surface area contributed by atoms with E-state index in [1.807, 2.05) is 19.9 Å². The first kappa shape index (κ1) is 14.0. The molecule has 0 unspecified atom stereocenters. The molecule has 108 valence electrons. The van der Waals surface area contributed by atoms with Crippen molar-refractivity contribution in [3.8, 4) is 0 Å². The summed E-state index contributed by atoms with van der Waals surface area (Å²) in [6.07, 6.45) is 1.03. The Morgan fingerprint density at radius 2 is 1.95 bits per heavy atom. The van der Waals surface area contributed by atoms with E-state index in [9.17, 15) is 0 Å². The van der Waals surface area contributed by atoms with Gasteiger partial charge in [-0.1, -0.05) is 36.5 Å². The Morgan fingerprint density at radius 3 is 2.67 bits per heavy atom. The van der Waals surface area contributed by atoms with Gasteiger partial charge in [-0.05, 0) is 43.0 Å². The third-order valence-corrected chi connectivity index (χ3v) is 4.21. The number of fused-ring (bicyclic) bond motifs is 1. The van der Waals surface area contributed by atoms with E-state index in [0.29, 0.717) is 4.99 Å². The molecule has 0 atom stereocenters. The second-order valence-corrected chi connectivity index (χ2v) is 6.02. The Balaban J connectivity index is 2.04. The van der Waals surface area contributed by atoms with Crippen molar-refractivity contribution in [1.29, 1.82) is 0 Å². The maximum atomic E-state index is 5.93. The molecule has 2 N–H and O–H groups in total. The van der Waals surface area contributed by atoms with Crippen LogP contribution in [-0.4, -0.2) is 16.5 Å². The Labute approximate surface area is 130 Å². The summed E-state index contributed by atoms with van der Waals surface area (Å²) < 4.78 is 0. The summed E-state index contributed by atoms with van der Waals surface area (Å²) in [5, 5.41) is 0. The highest BCUT2D eigenvalue weighted by atomic mass is 32.1. The van der Waals surface area contributed by atoms with Gasteiger partial charge in [0.25, 0.3) is 0 Å². The average Bonchev–Trinajstić information content (AvgIpc) is 2.45. The average molecular weight is 297 g/mol. The fraction of sp³-hybridized carbons (Fsp3) is 0.294. The molecule has 0 spiro atoms. The minimum Gasteiger partial charge on any atom is -0.389 e. The lowest BCUT2D eigenvalue weighted by Crippen LogP contribution is -2.33. The molecule has 3 rings (SSSR count). The summed E-state index contributed by atoms with van der Waals surface area (Å²) in [6.45, 7) is 5.87. The van der Waals surface area contributed by atoms with Crippen molar-refractivity contribution in [1.82, 2.24) is 4.98 Å². The lowest BCUT2D eigenvalue weighted by Gasteiger charge is -2.31. The van der Waals surface area contributed by atoms with Crippen LogP contribution in [0.2, 0.25) is 0 Å². The van der Waals surface area contributed by atoms with Crippen molar-refractivity contribution in [2.24, 2.45) is 5.73 Å². The van der Waals surface area contributed by atoms with Gasteiger partial charge in [0.1, 0.15) is 10.8 Å². The quantitative estimate of drug-likeness (QED) is 0.866. The molecular formula is C17H19N3S. The molecule has 2 aromatic rings. The van der Waals surface area contributed by atoms with E-state index in [0.717, 1.165) is 42.1 Å². The van der Waals surface area contributed by atoms with Gasteiger partial charge in [0, 0.05) is 18.8 Å². The summed E-state index contributed by atoms with van der Waals surface area (Å²) in [4.78, 5) is 7.42. The molecule has 1 aromatic carbocycles. The highest BCUT2D eigenvalue weighted by Gasteiger charge is 2.22. The molecule has 0 saturated heterocycles. The van der Waals surface area contributed by atoms with E-state index in [2.05, 4.69) is 29.2 Å². The molecule has 4 heteroatoms. The zero-order valence-electron chi connectivity index (χ0n) is 12.4. The zero-order chi connectivity index (χ0) is 15.0. The molecule has 2 heterocycles. The molecule has 21 heavy (non-hydrogen) atoms. The first-order valence-electron chi connectivity index (χ1n) is 7.16. The Hall–Kier alpha value is -1.94. The summed E-state index contributed by atoms with van der Waals surface area (Å²) in [5.41, 5.74) is 11.7. The minimum absolute atomic E-state index is 0.425. The van der Waals surface area contributed by atoms with Gasteiger partial charge in [-0.15, -0.1) is 0 Å². The maximum Gasteiger partial charge on any atom is 0.139 e. The van der Waals surface area contributed by atoms with Gasteiger partial charge in [0.2, 0.25) is 0 Å². The molecule has 0 bridgehead atoms. The van der Waals surface area contributed by atoms with Gasteiger partial charge in [-0.3, -0.25) is 0 Å². The molecule has 3 nitrogen and oxygen atoms in total. The number of nitrogens with two attached hydrogens (primary N) is 1. The first-order chi connectivity index (χ1) is 10.1. The van der Waals surface area contributed by atoms with Crippen LogP contribution in [0.4, 0.5) is 5.82 Å². The fourth-order valence-corrected chi connectivity index (χ4v) is 3.28. The molecule has 0 saturated carbocycles. The topological polar surface area (TPSA) is 42.1 Å². The normalized spacial score (nSPS) is 13.9. The first-order valence-corrected chi connectivity index (χ1v) is 7.57. The molecule has 1 aliphatic rings. The number of pyridine rings is 1. The van der Waals surface area contributed by atoms with Gasteiger partial charge in [-0.2, -0.15) is 0 Å². The van der Waals surface area contributed by atoms with Gasteiger partial charge in [0.15, 0.2) is 0 Å². The summed E-state index contributed by atoms with van der Waals surface area (Å²) in [5.74, 6) is 0.925. The number of thiocarbonyl (C=S) groups is 1. The van der Waals surface area contributed by atoms with Crippen molar-refractivity contribution < 1.29 is 0 Å². The largest absolute Gasteiger partial charge is 0.389 e. The summed E-state index contributed by atoms with van der Waals surface area (Å²) in [7, 11) is 0. The van der Waals surface area contributed by atoms with Crippen LogP contribution in [0.1, 0.15) is 27.9 Å². The monoisotopic (exact) mass is 297 g/mol. The molecule has 0 aliphatic carbocycles. The minimum atomic E-state index is 0.425. The van der Waals surface area contributed by atoms with Gasteiger partial charge < -0.3 is 10.6 Å². The second-order valence-electron chi connectivity index (χ2n) is 5.58. The Morgan fingerprint density at radius 1 is 1.24 bits per heavy atom.